The van der Waals surface area contributed by atoms with E-state index in [2.05, 4.69) is 77.2 Å². The fourth-order valence-electron chi connectivity index (χ4n) is 5.00. The number of benzene rings is 3. The number of rotatable bonds is 7. The molecule has 0 saturated carbocycles. The second-order valence-electron chi connectivity index (χ2n) is 8.23. The van der Waals surface area contributed by atoms with Crippen LogP contribution in [0.4, 0.5) is 0 Å². The number of allylic oxidation sites excluding steroid dienone is 2. The Kier molecular flexibility index (Phi) is 5.20. The summed E-state index contributed by atoms with van der Waals surface area (Å²) in [4.78, 5) is 0. The third kappa shape index (κ3) is 3.11. The van der Waals surface area contributed by atoms with Crippen molar-refractivity contribution in [2.45, 2.75) is 18.5 Å². The fraction of sp³-hybridized carbons (Fsp3) is 0.100. The molecule has 0 bridgehead atoms. The summed E-state index contributed by atoms with van der Waals surface area (Å²) in [7, 11) is 0. The van der Waals surface area contributed by atoms with Crippen LogP contribution in [0.1, 0.15) is 16.7 Å². The molecule has 0 fully saturated rings. The lowest BCUT2D eigenvalue weighted by Crippen LogP contribution is -2.27. The molecule has 5 aromatic rings. The van der Waals surface area contributed by atoms with Gasteiger partial charge in [0, 0.05) is 58.4 Å². The molecule has 3 heteroatoms. The molecule has 0 spiro atoms. The summed E-state index contributed by atoms with van der Waals surface area (Å²) in [5.74, 6) is 0. The first-order valence-electron chi connectivity index (χ1n) is 11.1. The Morgan fingerprint density at radius 2 is 1.15 bits per heavy atom. The van der Waals surface area contributed by atoms with Crippen LogP contribution < -0.4 is 0 Å². The van der Waals surface area contributed by atoms with Crippen molar-refractivity contribution >= 4 is 21.8 Å². The van der Waals surface area contributed by atoms with Crippen LogP contribution in [0, 0.1) is 11.3 Å². The van der Waals surface area contributed by atoms with Gasteiger partial charge in [0.1, 0.15) is 5.41 Å². The molecule has 160 valence electrons. The summed E-state index contributed by atoms with van der Waals surface area (Å²) in [5.41, 5.74) is 4.12. The molecule has 0 saturated heterocycles. The van der Waals surface area contributed by atoms with Crippen LogP contribution in [0.15, 0.2) is 117 Å². The topological polar surface area (TPSA) is 33.6 Å². The monoisotopic (exact) mass is 427 g/mol. The second-order valence-corrected chi connectivity index (χ2v) is 8.23. The molecule has 2 aromatic heterocycles. The zero-order valence-corrected chi connectivity index (χ0v) is 18.5. The molecule has 5 rings (SSSR count). The maximum atomic E-state index is 11.0. The summed E-state index contributed by atoms with van der Waals surface area (Å²) in [6.07, 6.45) is 8.04. The third-order valence-electron chi connectivity index (χ3n) is 6.41. The van der Waals surface area contributed by atoms with Crippen LogP contribution in [0.3, 0.4) is 0 Å². The first-order valence-corrected chi connectivity index (χ1v) is 11.1. The Labute approximate surface area is 194 Å². The van der Waals surface area contributed by atoms with Gasteiger partial charge in [-0.25, -0.2) is 0 Å². The van der Waals surface area contributed by atoms with E-state index in [4.69, 9.17) is 0 Å². The highest BCUT2D eigenvalue weighted by atomic mass is 15.0. The highest BCUT2D eigenvalue weighted by molar-refractivity contribution is 5.92. The van der Waals surface area contributed by atoms with Crippen molar-refractivity contribution in [1.29, 1.82) is 5.26 Å². The van der Waals surface area contributed by atoms with Crippen molar-refractivity contribution in [2.75, 3.05) is 0 Å². The zero-order valence-electron chi connectivity index (χ0n) is 18.5. The van der Waals surface area contributed by atoms with Gasteiger partial charge in [-0.2, -0.15) is 5.26 Å². The summed E-state index contributed by atoms with van der Waals surface area (Å²) in [6, 6.07) is 29.5. The van der Waals surface area contributed by atoms with E-state index in [1.807, 2.05) is 54.6 Å². The van der Waals surface area contributed by atoms with Gasteiger partial charge in [-0.1, -0.05) is 78.9 Å². The second kappa shape index (κ2) is 8.33. The van der Waals surface area contributed by atoms with Gasteiger partial charge in [-0.15, -0.1) is 13.2 Å². The van der Waals surface area contributed by atoms with Crippen molar-refractivity contribution in [3.8, 4) is 6.07 Å². The predicted molar refractivity (Wildman–Crippen MR) is 136 cm³/mol. The van der Waals surface area contributed by atoms with E-state index >= 15 is 0 Å². The van der Waals surface area contributed by atoms with Gasteiger partial charge in [-0.05, 0) is 17.7 Å². The summed E-state index contributed by atoms with van der Waals surface area (Å²) in [6.45, 7) is 9.22. The highest BCUT2D eigenvalue weighted by Crippen LogP contribution is 2.45. The average molecular weight is 428 g/mol. The molecule has 0 atom stereocenters. The maximum absolute atomic E-state index is 11.0. The van der Waals surface area contributed by atoms with Gasteiger partial charge in [0.2, 0.25) is 0 Å². The van der Waals surface area contributed by atoms with E-state index in [-0.39, 0.29) is 0 Å². The van der Waals surface area contributed by atoms with Gasteiger partial charge in [0.25, 0.3) is 0 Å². The first-order chi connectivity index (χ1) is 16.2. The van der Waals surface area contributed by atoms with Crippen LogP contribution in [0.25, 0.3) is 21.8 Å². The van der Waals surface area contributed by atoms with E-state index in [1.54, 1.807) is 0 Å². The van der Waals surface area contributed by atoms with Crippen LogP contribution in [0.5, 0.6) is 0 Å². The van der Waals surface area contributed by atoms with Gasteiger partial charge in [0.05, 0.1) is 6.07 Å². The lowest BCUT2D eigenvalue weighted by atomic mass is 9.70. The van der Waals surface area contributed by atoms with E-state index in [0.717, 1.165) is 38.5 Å². The number of nitrogens with zero attached hydrogens (tertiary/aromatic N) is 3. The van der Waals surface area contributed by atoms with Crippen molar-refractivity contribution in [2.24, 2.45) is 0 Å². The number of hydrogen-bond acceptors (Lipinski definition) is 1. The lowest BCUT2D eigenvalue weighted by Gasteiger charge is -2.27. The van der Waals surface area contributed by atoms with Crippen LogP contribution >= 0.6 is 0 Å². The van der Waals surface area contributed by atoms with Crippen molar-refractivity contribution in [1.82, 2.24) is 9.13 Å². The standard InChI is InChI=1S/C30H25N3/c1-3-18-32-20-26(24-14-8-10-16-28(24)32)30(22-31,23-12-6-5-7-13-23)27-21-33(19-4-2)29-17-11-9-15-25(27)29/h3-17,20-21H,1-2,18-19H2. The smallest absolute Gasteiger partial charge is 0.136 e. The molecule has 0 unspecified atom stereocenters. The summed E-state index contributed by atoms with van der Waals surface area (Å²) < 4.78 is 4.35. The number of nitriles is 1. The number of aromatic nitrogens is 2. The van der Waals surface area contributed by atoms with Crippen molar-refractivity contribution in [3.63, 3.8) is 0 Å². The fourth-order valence-corrected chi connectivity index (χ4v) is 5.00. The summed E-state index contributed by atoms with van der Waals surface area (Å²) in [5, 5.41) is 13.2. The Balaban J connectivity index is 1.94. The molecule has 33 heavy (non-hydrogen) atoms. The Bertz CT molecular complexity index is 1420. The normalized spacial score (nSPS) is 11.5. The number of hydrogen-bond donors (Lipinski definition) is 0. The van der Waals surface area contributed by atoms with Gasteiger partial charge in [-0.3, -0.25) is 0 Å². The van der Waals surface area contributed by atoms with Crippen LogP contribution in [-0.2, 0) is 18.5 Å². The van der Waals surface area contributed by atoms with Crippen molar-refractivity contribution < 1.29 is 0 Å². The molecule has 3 aromatic carbocycles. The minimum atomic E-state index is -0.987. The Morgan fingerprint density at radius 3 is 1.61 bits per heavy atom. The number of fused-ring (bicyclic) bond motifs is 2. The van der Waals surface area contributed by atoms with E-state index in [1.165, 1.54) is 0 Å². The molecular formula is C30H25N3. The highest BCUT2D eigenvalue weighted by Gasteiger charge is 2.41. The van der Waals surface area contributed by atoms with Gasteiger partial charge in [0.15, 0.2) is 0 Å². The minimum Gasteiger partial charge on any atom is -0.343 e. The Morgan fingerprint density at radius 1 is 0.697 bits per heavy atom. The average Bonchev–Trinajstić information content (AvgIpc) is 3.42. The van der Waals surface area contributed by atoms with E-state index in [0.29, 0.717) is 13.1 Å². The van der Waals surface area contributed by atoms with E-state index < -0.39 is 5.41 Å². The maximum Gasteiger partial charge on any atom is 0.136 e. The molecule has 0 aliphatic heterocycles. The third-order valence-corrected chi connectivity index (χ3v) is 6.41. The zero-order chi connectivity index (χ0) is 22.8. The van der Waals surface area contributed by atoms with Crippen LogP contribution in [0.2, 0.25) is 0 Å². The SMILES string of the molecule is C=CCn1cc(C(C#N)(c2ccccc2)c2cn(CC=C)c3ccccc23)c2ccccc21. The summed E-state index contributed by atoms with van der Waals surface area (Å²) >= 11 is 0. The first kappa shape index (κ1) is 20.6. The minimum absolute atomic E-state index is 0.676. The number of para-hydroxylation sites is 2. The quantitative estimate of drug-likeness (QED) is 0.262. The largest absolute Gasteiger partial charge is 0.343 e. The van der Waals surface area contributed by atoms with Gasteiger partial charge < -0.3 is 9.13 Å². The molecule has 0 aliphatic carbocycles. The molecule has 2 heterocycles. The molecular weight excluding hydrogens is 402 g/mol. The van der Waals surface area contributed by atoms with Gasteiger partial charge >= 0.3 is 0 Å². The van der Waals surface area contributed by atoms with Crippen molar-refractivity contribution in [3.05, 3.63) is 133 Å². The van der Waals surface area contributed by atoms with E-state index in [9.17, 15) is 5.26 Å². The Hall–Kier alpha value is -4.29. The molecule has 0 N–H and O–H groups in total. The molecule has 0 radical (unpaired) electrons. The lowest BCUT2D eigenvalue weighted by molar-refractivity contribution is 0.774. The molecule has 0 amide bonds. The molecule has 0 aliphatic rings. The van der Waals surface area contributed by atoms with Crippen LogP contribution in [-0.4, -0.2) is 9.13 Å². The predicted octanol–water partition coefficient (Wildman–Crippen LogP) is 6.83. The molecule has 3 nitrogen and oxygen atoms in total.